The number of unbranched alkanes of at least 4 members (excludes halogenated alkanes) is 3. The monoisotopic (exact) mass is 386 g/mol. The van der Waals surface area contributed by atoms with Crippen molar-refractivity contribution in [3.8, 4) is 0 Å². The molecule has 1 fully saturated rings. The van der Waals surface area contributed by atoms with Crippen molar-refractivity contribution >= 4 is 29.3 Å². The molecular weight excluding hydrogens is 360 g/mol. The van der Waals surface area contributed by atoms with Crippen molar-refractivity contribution in [3.63, 3.8) is 0 Å². The summed E-state index contributed by atoms with van der Waals surface area (Å²) in [5, 5.41) is 2.21. The average Bonchev–Trinajstić information content (AvgIpc) is 2.93. The third-order valence-electron chi connectivity index (χ3n) is 5.31. The van der Waals surface area contributed by atoms with Crippen LogP contribution in [0.2, 0.25) is 0 Å². The molecule has 2 aliphatic heterocycles. The summed E-state index contributed by atoms with van der Waals surface area (Å²) in [5.41, 5.74) is 6.84. The van der Waals surface area contributed by atoms with Crippen molar-refractivity contribution in [1.29, 1.82) is 0 Å². The van der Waals surface area contributed by atoms with E-state index in [0.29, 0.717) is 23.4 Å². The number of fused-ring (bicyclic) bond motifs is 1. The Morgan fingerprint density at radius 3 is 2.57 bits per heavy atom. The highest BCUT2D eigenvalue weighted by Crippen LogP contribution is 2.33. The minimum Gasteiger partial charge on any atom is -0.374 e. The van der Waals surface area contributed by atoms with Gasteiger partial charge in [0.2, 0.25) is 11.8 Å². The molecule has 0 radical (unpaired) electrons. The van der Waals surface area contributed by atoms with Crippen molar-refractivity contribution in [3.05, 3.63) is 29.3 Å². The number of rotatable bonds is 8. The normalized spacial score (nSPS) is 19.1. The number of anilines is 1. The van der Waals surface area contributed by atoms with E-state index in [-0.39, 0.29) is 18.7 Å². The van der Waals surface area contributed by atoms with Gasteiger partial charge in [0.15, 0.2) is 0 Å². The first-order valence-electron chi connectivity index (χ1n) is 9.71. The SMILES string of the molecule is CN(CCCCCCN)c1cccc2c1C(=O)N(C1CCC(=O)NC1=O)C2=O. The lowest BCUT2D eigenvalue weighted by atomic mass is 10.0. The second-order valence-electron chi connectivity index (χ2n) is 7.27. The maximum absolute atomic E-state index is 13.1. The standard InChI is InChI=1S/C20H26N4O4/c1-23(12-5-3-2-4-11-21)14-8-6-7-13-17(14)20(28)24(19(13)27)15-9-10-16(25)22-18(15)26/h6-8,15H,2-5,9-12,21H2,1H3,(H,22,25,26). The number of hydrogen-bond acceptors (Lipinski definition) is 6. The van der Waals surface area contributed by atoms with Crippen LogP contribution in [0.1, 0.15) is 59.2 Å². The number of benzene rings is 1. The minimum atomic E-state index is -0.945. The van der Waals surface area contributed by atoms with Gasteiger partial charge in [-0.05, 0) is 37.9 Å². The number of hydrogen-bond donors (Lipinski definition) is 2. The summed E-state index contributed by atoms with van der Waals surface area (Å²) < 4.78 is 0. The number of carbonyl (C=O) groups excluding carboxylic acids is 4. The molecule has 2 heterocycles. The Balaban J connectivity index is 1.78. The average molecular weight is 386 g/mol. The fraction of sp³-hybridized carbons (Fsp3) is 0.500. The van der Waals surface area contributed by atoms with Gasteiger partial charge in [0, 0.05) is 20.0 Å². The lowest BCUT2D eigenvalue weighted by molar-refractivity contribution is -0.136. The van der Waals surface area contributed by atoms with Crippen LogP contribution in [0.5, 0.6) is 0 Å². The van der Waals surface area contributed by atoms with E-state index < -0.39 is 23.8 Å². The van der Waals surface area contributed by atoms with Crippen molar-refractivity contribution in [2.24, 2.45) is 5.73 Å². The number of nitrogens with two attached hydrogens (primary N) is 1. The summed E-state index contributed by atoms with van der Waals surface area (Å²) in [6.07, 6.45) is 4.34. The molecule has 4 amide bonds. The number of piperidine rings is 1. The van der Waals surface area contributed by atoms with Crippen molar-refractivity contribution in [1.82, 2.24) is 10.2 Å². The molecule has 0 bridgehead atoms. The highest BCUT2D eigenvalue weighted by molar-refractivity contribution is 6.25. The topological polar surface area (TPSA) is 113 Å². The summed E-state index contributed by atoms with van der Waals surface area (Å²) in [7, 11) is 1.89. The Morgan fingerprint density at radius 1 is 1.11 bits per heavy atom. The van der Waals surface area contributed by atoms with Gasteiger partial charge >= 0.3 is 0 Å². The molecule has 0 aliphatic carbocycles. The number of amides is 4. The van der Waals surface area contributed by atoms with Gasteiger partial charge in [-0.25, -0.2) is 0 Å². The molecule has 8 nitrogen and oxygen atoms in total. The molecule has 8 heteroatoms. The van der Waals surface area contributed by atoms with Crippen LogP contribution in [0.15, 0.2) is 18.2 Å². The quantitative estimate of drug-likeness (QED) is 0.510. The lowest BCUT2D eigenvalue weighted by Crippen LogP contribution is -2.54. The Hall–Kier alpha value is -2.74. The van der Waals surface area contributed by atoms with Gasteiger partial charge in [0.05, 0.1) is 16.8 Å². The molecule has 0 spiro atoms. The number of carbonyl (C=O) groups is 4. The first-order chi connectivity index (χ1) is 13.5. The minimum absolute atomic E-state index is 0.110. The number of imide groups is 2. The second kappa shape index (κ2) is 8.52. The molecule has 0 aromatic heterocycles. The zero-order chi connectivity index (χ0) is 20.3. The van der Waals surface area contributed by atoms with Crippen molar-refractivity contribution < 1.29 is 19.2 Å². The first-order valence-corrected chi connectivity index (χ1v) is 9.71. The zero-order valence-electron chi connectivity index (χ0n) is 16.1. The fourth-order valence-corrected chi connectivity index (χ4v) is 3.78. The third-order valence-corrected chi connectivity index (χ3v) is 5.31. The van der Waals surface area contributed by atoms with E-state index in [9.17, 15) is 19.2 Å². The fourth-order valence-electron chi connectivity index (χ4n) is 3.78. The van der Waals surface area contributed by atoms with Crippen LogP contribution in [-0.2, 0) is 9.59 Å². The number of nitrogens with one attached hydrogen (secondary N) is 1. The Morgan fingerprint density at radius 2 is 1.86 bits per heavy atom. The second-order valence-corrected chi connectivity index (χ2v) is 7.27. The largest absolute Gasteiger partial charge is 0.374 e. The molecule has 1 saturated heterocycles. The molecule has 0 saturated carbocycles. The van der Waals surface area contributed by atoms with Crippen molar-refractivity contribution in [2.75, 3.05) is 25.0 Å². The molecule has 3 rings (SSSR count). The van der Waals surface area contributed by atoms with Crippen LogP contribution in [0.3, 0.4) is 0 Å². The maximum Gasteiger partial charge on any atom is 0.264 e. The van der Waals surface area contributed by atoms with Gasteiger partial charge in [-0.3, -0.25) is 29.4 Å². The lowest BCUT2D eigenvalue weighted by Gasteiger charge is -2.28. The van der Waals surface area contributed by atoms with Gasteiger partial charge in [0.1, 0.15) is 6.04 Å². The highest BCUT2D eigenvalue weighted by Gasteiger charge is 2.45. The molecule has 1 aromatic rings. The van der Waals surface area contributed by atoms with Crippen LogP contribution in [0.4, 0.5) is 5.69 Å². The Bertz CT molecular complexity index is 807. The van der Waals surface area contributed by atoms with E-state index in [1.165, 1.54) is 0 Å². The Labute approximate surface area is 164 Å². The van der Waals surface area contributed by atoms with Gasteiger partial charge < -0.3 is 10.6 Å². The third kappa shape index (κ3) is 3.77. The predicted octanol–water partition coefficient (Wildman–Crippen LogP) is 1.04. The molecule has 2 aliphatic rings. The molecule has 150 valence electrons. The van der Waals surface area contributed by atoms with Crippen LogP contribution in [0, 0.1) is 0 Å². The van der Waals surface area contributed by atoms with E-state index in [2.05, 4.69) is 5.32 Å². The van der Waals surface area contributed by atoms with Gasteiger partial charge in [-0.15, -0.1) is 0 Å². The summed E-state index contributed by atoms with van der Waals surface area (Å²) in [6, 6.07) is 4.23. The van der Waals surface area contributed by atoms with Gasteiger partial charge in [-0.2, -0.15) is 0 Å². The summed E-state index contributed by atoms with van der Waals surface area (Å²) in [6.45, 7) is 1.44. The first kappa shape index (κ1) is 20.0. The van der Waals surface area contributed by atoms with Gasteiger partial charge in [0.25, 0.3) is 11.8 Å². The van der Waals surface area contributed by atoms with E-state index in [4.69, 9.17) is 5.73 Å². The molecule has 1 unspecified atom stereocenters. The predicted molar refractivity (Wildman–Crippen MR) is 104 cm³/mol. The maximum atomic E-state index is 13.1. The summed E-state index contributed by atoms with van der Waals surface area (Å²) in [5.74, 6) is -1.93. The molecular formula is C20H26N4O4. The van der Waals surface area contributed by atoms with Crippen LogP contribution < -0.4 is 16.0 Å². The smallest absolute Gasteiger partial charge is 0.264 e. The molecule has 3 N–H and O–H groups in total. The molecule has 1 aromatic carbocycles. The van der Waals surface area contributed by atoms with Crippen molar-refractivity contribution in [2.45, 2.75) is 44.6 Å². The van der Waals surface area contributed by atoms with Crippen LogP contribution >= 0.6 is 0 Å². The van der Waals surface area contributed by atoms with E-state index in [1.807, 2.05) is 18.0 Å². The van der Waals surface area contributed by atoms with E-state index in [1.54, 1.807) is 12.1 Å². The summed E-state index contributed by atoms with van der Waals surface area (Å²) in [4.78, 5) is 52.5. The van der Waals surface area contributed by atoms with E-state index in [0.717, 1.165) is 37.1 Å². The Kier molecular flexibility index (Phi) is 6.08. The highest BCUT2D eigenvalue weighted by atomic mass is 16.2. The number of nitrogens with zero attached hydrogens (tertiary/aromatic N) is 2. The van der Waals surface area contributed by atoms with Crippen LogP contribution in [-0.4, -0.2) is 54.7 Å². The van der Waals surface area contributed by atoms with Gasteiger partial charge in [-0.1, -0.05) is 18.9 Å². The molecule has 28 heavy (non-hydrogen) atoms. The summed E-state index contributed by atoms with van der Waals surface area (Å²) >= 11 is 0. The van der Waals surface area contributed by atoms with Crippen LogP contribution in [0.25, 0.3) is 0 Å². The zero-order valence-corrected chi connectivity index (χ0v) is 16.1. The van der Waals surface area contributed by atoms with E-state index >= 15 is 0 Å². The molecule has 1 atom stereocenters.